The minimum atomic E-state index is -0.195. The molecular formula is C18H23N5O2. The molecule has 0 unspecified atom stereocenters. The van der Waals surface area contributed by atoms with Gasteiger partial charge in [0.15, 0.2) is 0 Å². The van der Waals surface area contributed by atoms with E-state index in [1.807, 2.05) is 18.2 Å². The number of nitrogens with one attached hydrogen (secondary N) is 1. The zero-order valence-corrected chi connectivity index (χ0v) is 14.4. The van der Waals surface area contributed by atoms with Gasteiger partial charge in [-0.05, 0) is 18.6 Å². The third kappa shape index (κ3) is 6.29. The third-order valence-corrected chi connectivity index (χ3v) is 3.65. The van der Waals surface area contributed by atoms with Gasteiger partial charge in [0, 0.05) is 38.1 Å². The zero-order valence-electron chi connectivity index (χ0n) is 14.4. The molecule has 0 aliphatic heterocycles. The second-order valence-corrected chi connectivity index (χ2v) is 5.58. The van der Waals surface area contributed by atoms with E-state index in [1.54, 1.807) is 11.1 Å². The average molecular weight is 341 g/mol. The normalized spacial score (nSPS) is 10.3. The van der Waals surface area contributed by atoms with Gasteiger partial charge < -0.3 is 10.2 Å². The Hall–Kier alpha value is -2.83. The van der Waals surface area contributed by atoms with Gasteiger partial charge in [0.05, 0.1) is 18.4 Å². The van der Waals surface area contributed by atoms with E-state index in [2.05, 4.69) is 27.2 Å². The fraction of sp³-hybridized carbons (Fsp3) is 0.389. The molecular weight excluding hydrogens is 318 g/mol. The van der Waals surface area contributed by atoms with Crippen LogP contribution in [0.4, 0.5) is 0 Å². The summed E-state index contributed by atoms with van der Waals surface area (Å²) in [6.07, 6.45) is 8.24. The highest BCUT2D eigenvalue weighted by Gasteiger charge is 2.17. The van der Waals surface area contributed by atoms with Crippen molar-refractivity contribution < 1.29 is 9.59 Å². The van der Waals surface area contributed by atoms with Crippen LogP contribution < -0.4 is 5.32 Å². The number of amides is 2. The molecule has 0 bridgehead atoms. The maximum absolute atomic E-state index is 12.5. The molecule has 0 atom stereocenters. The molecule has 0 fully saturated rings. The van der Waals surface area contributed by atoms with Crippen LogP contribution in [0.5, 0.6) is 0 Å². The van der Waals surface area contributed by atoms with Gasteiger partial charge in [0.25, 0.3) is 5.91 Å². The van der Waals surface area contributed by atoms with E-state index in [0.29, 0.717) is 25.3 Å². The van der Waals surface area contributed by atoms with Crippen LogP contribution in [-0.2, 0) is 11.3 Å². The number of unbranched alkanes of at least 4 members (excludes halogenated alkanes) is 1. The summed E-state index contributed by atoms with van der Waals surface area (Å²) in [5.74, 6) is -0.307. The molecule has 7 heteroatoms. The highest BCUT2D eigenvalue weighted by atomic mass is 16.2. The molecule has 2 heterocycles. The molecule has 132 valence electrons. The highest BCUT2D eigenvalue weighted by Crippen LogP contribution is 2.04. The first-order valence-corrected chi connectivity index (χ1v) is 8.42. The van der Waals surface area contributed by atoms with Gasteiger partial charge in [-0.15, -0.1) is 0 Å². The largest absolute Gasteiger partial charge is 0.350 e. The van der Waals surface area contributed by atoms with Crippen molar-refractivity contribution in [1.29, 1.82) is 0 Å². The van der Waals surface area contributed by atoms with Crippen LogP contribution in [0.25, 0.3) is 0 Å². The number of nitrogens with zero attached hydrogens (tertiary/aromatic N) is 4. The Labute approximate surface area is 147 Å². The lowest BCUT2D eigenvalue weighted by Crippen LogP contribution is -2.36. The van der Waals surface area contributed by atoms with E-state index in [1.165, 1.54) is 18.6 Å². The van der Waals surface area contributed by atoms with Crippen molar-refractivity contribution in [3.05, 3.63) is 54.4 Å². The lowest BCUT2D eigenvalue weighted by Gasteiger charge is -2.21. The van der Waals surface area contributed by atoms with Crippen LogP contribution in [0.15, 0.2) is 43.0 Å². The number of hydrogen-bond donors (Lipinski definition) is 1. The second-order valence-electron chi connectivity index (χ2n) is 5.58. The summed E-state index contributed by atoms with van der Waals surface area (Å²) in [6, 6.07) is 5.56. The fourth-order valence-corrected chi connectivity index (χ4v) is 2.25. The van der Waals surface area contributed by atoms with Gasteiger partial charge in [-0.25, -0.2) is 4.98 Å². The second kappa shape index (κ2) is 10.1. The van der Waals surface area contributed by atoms with E-state index in [-0.39, 0.29) is 18.2 Å². The zero-order chi connectivity index (χ0) is 17.9. The van der Waals surface area contributed by atoms with Crippen LogP contribution in [0.1, 0.15) is 42.4 Å². The highest BCUT2D eigenvalue weighted by molar-refractivity contribution is 5.92. The number of rotatable bonds is 9. The van der Waals surface area contributed by atoms with Crippen molar-refractivity contribution >= 4 is 11.8 Å². The quantitative estimate of drug-likeness (QED) is 0.751. The molecule has 0 aliphatic carbocycles. The van der Waals surface area contributed by atoms with E-state index in [4.69, 9.17) is 0 Å². The van der Waals surface area contributed by atoms with Crippen LogP contribution in [0.3, 0.4) is 0 Å². The molecule has 2 rings (SSSR count). The Bertz CT molecular complexity index is 664. The summed E-state index contributed by atoms with van der Waals surface area (Å²) in [6.45, 7) is 3.39. The molecule has 0 saturated carbocycles. The van der Waals surface area contributed by atoms with E-state index < -0.39 is 0 Å². The summed E-state index contributed by atoms with van der Waals surface area (Å²) in [5, 5.41) is 2.82. The number of aromatic nitrogens is 3. The smallest absolute Gasteiger partial charge is 0.274 e. The molecule has 0 radical (unpaired) electrons. The SMILES string of the molecule is CCCCN(CCC(=O)NCc1ccccn1)C(=O)c1cnccn1. The lowest BCUT2D eigenvalue weighted by molar-refractivity contribution is -0.121. The van der Waals surface area contributed by atoms with Crippen LogP contribution in [0.2, 0.25) is 0 Å². The number of carbonyl (C=O) groups is 2. The molecule has 2 amide bonds. The van der Waals surface area contributed by atoms with Gasteiger partial charge in [-0.2, -0.15) is 0 Å². The Kier molecular flexibility index (Phi) is 7.49. The minimum Gasteiger partial charge on any atom is -0.350 e. The summed E-state index contributed by atoms with van der Waals surface area (Å²) in [7, 11) is 0. The Morgan fingerprint density at radius 2 is 2.00 bits per heavy atom. The van der Waals surface area contributed by atoms with Crippen LogP contribution in [-0.4, -0.2) is 44.8 Å². The molecule has 0 spiro atoms. The van der Waals surface area contributed by atoms with Crippen LogP contribution >= 0.6 is 0 Å². The van der Waals surface area contributed by atoms with E-state index in [0.717, 1.165) is 18.5 Å². The van der Waals surface area contributed by atoms with Gasteiger partial charge in [0.1, 0.15) is 5.69 Å². The molecule has 2 aromatic heterocycles. The number of hydrogen-bond acceptors (Lipinski definition) is 5. The van der Waals surface area contributed by atoms with Crippen molar-refractivity contribution in [3.8, 4) is 0 Å². The molecule has 0 saturated heterocycles. The predicted molar refractivity (Wildman–Crippen MR) is 93.5 cm³/mol. The minimum absolute atomic E-state index is 0.112. The summed E-state index contributed by atoms with van der Waals surface area (Å²) in [4.78, 5) is 38.4. The standard InChI is InChI=1S/C18H23N5O2/c1-2-3-11-23(18(25)16-14-19-9-10-21-16)12-7-17(24)22-13-15-6-4-5-8-20-15/h4-6,8-10,14H,2-3,7,11-13H2,1H3,(H,22,24). The molecule has 25 heavy (non-hydrogen) atoms. The molecule has 7 nitrogen and oxygen atoms in total. The molecule has 1 N–H and O–H groups in total. The van der Waals surface area contributed by atoms with Crippen molar-refractivity contribution in [1.82, 2.24) is 25.2 Å². The Morgan fingerprint density at radius 1 is 1.12 bits per heavy atom. The Morgan fingerprint density at radius 3 is 2.68 bits per heavy atom. The monoisotopic (exact) mass is 341 g/mol. The van der Waals surface area contributed by atoms with Crippen molar-refractivity contribution in [2.24, 2.45) is 0 Å². The number of pyridine rings is 1. The summed E-state index contributed by atoms with van der Waals surface area (Å²) in [5.41, 5.74) is 1.10. The van der Waals surface area contributed by atoms with E-state index in [9.17, 15) is 9.59 Å². The number of carbonyl (C=O) groups excluding carboxylic acids is 2. The fourth-order valence-electron chi connectivity index (χ4n) is 2.25. The van der Waals surface area contributed by atoms with Gasteiger partial charge in [-0.1, -0.05) is 19.4 Å². The topological polar surface area (TPSA) is 88.1 Å². The predicted octanol–water partition coefficient (Wildman–Crippen LogP) is 1.82. The molecule has 0 aliphatic rings. The van der Waals surface area contributed by atoms with Gasteiger partial charge in [-0.3, -0.25) is 19.6 Å². The van der Waals surface area contributed by atoms with Crippen LogP contribution in [0, 0.1) is 0 Å². The van der Waals surface area contributed by atoms with Crippen molar-refractivity contribution in [2.75, 3.05) is 13.1 Å². The lowest BCUT2D eigenvalue weighted by atomic mass is 10.2. The maximum atomic E-state index is 12.5. The summed E-state index contributed by atoms with van der Waals surface area (Å²) < 4.78 is 0. The van der Waals surface area contributed by atoms with Crippen molar-refractivity contribution in [3.63, 3.8) is 0 Å². The summed E-state index contributed by atoms with van der Waals surface area (Å²) >= 11 is 0. The first-order valence-electron chi connectivity index (χ1n) is 8.42. The average Bonchev–Trinajstić information content (AvgIpc) is 2.67. The third-order valence-electron chi connectivity index (χ3n) is 3.65. The van der Waals surface area contributed by atoms with E-state index >= 15 is 0 Å². The van der Waals surface area contributed by atoms with Crippen molar-refractivity contribution in [2.45, 2.75) is 32.7 Å². The molecule has 0 aromatic carbocycles. The van der Waals surface area contributed by atoms with Gasteiger partial charge >= 0.3 is 0 Å². The molecule has 2 aromatic rings. The Balaban J connectivity index is 1.86. The maximum Gasteiger partial charge on any atom is 0.274 e. The first-order chi connectivity index (χ1) is 12.2. The first kappa shape index (κ1) is 18.5. The van der Waals surface area contributed by atoms with Gasteiger partial charge in [0.2, 0.25) is 5.91 Å².